The summed E-state index contributed by atoms with van der Waals surface area (Å²) >= 11 is 0. The number of allylic oxidation sites excluding steroid dienone is 1. The third-order valence-electron chi connectivity index (χ3n) is 2.71. The van der Waals surface area contributed by atoms with Crippen molar-refractivity contribution >= 4 is 17.7 Å². The van der Waals surface area contributed by atoms with E-state index in [1.165, 1.54) is 18.2 Å². The standard InChI is InChI=1S/C15H16O5/c1-9(2)13(16)10(3)8-20-15(19)12-7-5-4-6-11(12)14(17)18/h4-7,10H,1,8H2,2-3H3,(H,17,18). The third-order valence-corrected chi connectivity index (χ3v) is 2.71. The molecule has 0 bridgehead atoms. The van der Waals surface area contributed by atoms with Gasteiger partial charge in [-0.2, -0.15) is 0 Å². The number of carboxylic acid groups (broad SMARTS) is 1. The predicted octanol–water partition coefficient (Wildman–Crippen LogP) is 2.32. The second-order valence-electron chi connectivity index (χ2n) is 4.49. The van der Waals surface area contributed by atoms with Gasteiger partial charge in [0.05, 0.1) is 17.0 Å². The van der Waals surface area contributed by atoms with E-state index >= 15 is 0 Å². The van der Waals surface area contributed by atoms with Gasteiger partial charge in [0, 0.05) is 0 Å². The fourth-order valence-corrected chi connectivity index (χ4v) is 1.62. The highest BCUT2D eigenvalue weighted by atomic mass is 16.5. The smallest absolute Gasteiger partial charge is 0.339 e. The summed E-state index contributed by atoms with van der Waals surface area (Å²) in [7, 11) is 0. The summed E-state index contributed by atoms with van der Waals surface area (Å²) in [4.78, 5) is 34.4. The van der Waals surface area contributed by atoms with Crippen LogP contribution in [0.1, 0.15) is 34.6 Å². The van der Waals surface area contributed by atoms with Gasteiger partial charge in [0.15, 0.2) is 5.78 Å². The Morgan fingerprint density at radius 3 is 2.30 bits per heavy atom. The first-order valence-electron chi connectivity index (χ1n) is 6.03. The first kappa shape index (κ1) is 15.6. The summed E-state index contributed by atoms with van der Waals surface area (Å²) in [5, 5.41) is 8.98. The lowest BCUT2D eigenvalue weighted by Gasteiger charge is -2.12. The number of carboxylic acids is 1. The van der Waals surface area contributed by atoms with Crippen LogP contribution in [0.25, 0.3) is 0 Å². The number of carbonyl (C=O) groups excluding carboxylic acids is 2. The first-order valence-corrected chi connectivity index (χ1v) is 6.03. The van der Waals surface area contributed by atoms with E-state index in [-0.39, 0.29) is 23.5 Å². The summed E-state index contributed by atoms with van der Waals surface area (Å²) in [5.41, 5.74) is 0.228. The molecule has 1 aromatic carbocycles. The summed E-state index contributed by atoms with van der Waals surface area (Å²) in [6.45, 7) is 6.62. The van der Waals surface area contributed by atoms with Crippen molar-refractivity contribution in [3.8, 4) is 0 Å². The first-order chi connectivity index (χ1) is 9.34. The molecule has 106 valence electrons. The van der Waals surface area contributed by atoms with E-state index in [0.29, 0.717) is 5.57 Å². The number of hydrogen-bond donors (Lipinski definition) is 1. The minimum atomic E-state index is -1.20. The molecule has 5 nitrogen and oxygen atoms in total. The van der Waals surface area contributed by atoms with Crippen LogP contribution in [0.2, 0.25) is 0 Å². The summed E-state index contributed by atoms with van der Waals surface area (Å²) in [6, 6.07) is 5.76. The van der Waals surface area contributed by atoms with Crippen LogP contribution in [0, 0.1) is 5.92 Å². The number of ketones is 1. The van der Waals surface area contributed by atoms with Gasteiger partial charge in [-0.3, -0.25) is 4.79 Å². The van der Waals surface area contributed by atoms with Gasteiger partial charge in [-0.05, 0) is 24.6 Å². The molecule has 0 saturated carbocycles. The normalized spacial score (nSPS) is 11.5. The predicted molar refractivity (Wildman–Crippen MR) is 72.7 cm³/mol. The van der Waals surface area contributed by atoms with Gasteiger partial charge in [0.25, 0.3) is 0 Å². The molecule has 1 unspecified atom stereocenters. The molecular weight excluding hydrogens is 260 g/mol. The Balaban J connectivity index is 2.76. The second-order valence-corrected chi connectivity index (χ2v) is 4.49. The molecule has 0 aliphatic rings. The van der Waals surface area contributed by atoms with Crippen molar-refractivity contribution in [2.75, 3.05) is 6.61 Å². The van der Waals surface area contributed by atoms with Crippen LogP contribution < -0.4 is 0 Å². The Morgan fingerprint density at radius 2 is 1.80 bits per heavy atom. The van der Waals surface area contributed by atoms with Crippen LogP contribution >= 0.6 is 0 Å². The number of ether oxygens (including phenoxy) is 1. The number of Topliss-reactive ketones (excluding diaryl/α,β-unsaturated/α-hetero) is 1. The molecule has 0 fully saturated rings. The molecule has 0 aliphatic heterocycles. The largest absolute Gasteiger partial charge is 0.478 e. The van der Waals surface area contributed by atoms with Crippen molar-refractivity contribution in [1.29, 1.82) is 0 Å². The zero-order valence-corrected chi connectivity index (χ0v) is 11.4. The van der Waals surface area contributed by atoms with Crippen LogP contribution in [0.15, 0.2) is 36.4 Å². The molecule has 1 rings (SSSR count). The molecule has 0 saturated heterocycles. The van der Waals surface area contributed by atoms with Gasteiger partial charge in [0.1, 0.15) is 6.61 Å². The number of benzene rings is 1. The van der Waals surface area contributed by atoms with E-state index in [1.54, 1.807) is 19.9 Å². The van der Waals surface area contributed by atoms with Crippen LogP contribution in [-0.2, 0) is 9.53 Å². The highest BCUT2D eigenvalue weighted by molar-refractivity contribution is 6.02. The summed E-state index contributed by atoms with van der Waals surface area (Å²) in [6.07, 6.45) is 0. The number of hydrogen-bond acceptors (Lipinski definition) is 4. The SMILES string of the molecule is C=C(C)C(=O)C(C)COC(=O)c1ccccc1C(=O)O. The fraction of sp³-hybridized carbons (Fsp3) is 0.267. The van der Waals surface area contributed by atoms with Crippen molar-refractivity contribution in [2.45, 2.75) is 13.8 Å². The topological polar surface area (TPSA) is 80.7 Å². The second kappa shape index (κ2) is 6.65. The molecule has 20 heavy (non-hydrogen) atoms. The van der Waals surface area contributed by atoms with Crippen molar-refractivity contribution in [2.24, 2.45) is 5.92 Å². The molecule has 1 N–H and O–H groups in total. The Labute approximate surface area is 116 Å². The molecule has 5 heteroatoms. The van der Waals surface area contributed by atoms with Gasteiger partial charge in [0.2, 0.25) is 0 Å². The summed E-state index contributed by atoms with van der Waals surface area (Å²) < 4.78 is 4.99. The maximum Gasteiger partial charge on any atom is 0.339 e. The molecule has 0 aliphatic carbocycles. The molecule has 0 radical (unpaired) electrons. The van der Waals surface area contributed by atoms with Crippen molar-refractivity contribution < 1.29 is 24.2 Å². The van der Waals surface area contributed by atoms with Crippen LogP contribution in [0.5, 0.6) is 0 Å². The average molecular weight is 276 g/mol. The molecule has 0 amide bonds. The maximum absolute atomic E-state index is 11.8. The number of aromatic carboxylic acids is 1. The van der Waals surface area contributed by atoms with Crippen molar-refractivity contribution in [3.05, 3.63) is 47.5 Å². The molecular formula is C15H16O5. The molecule has 1 atom stereocenters. The lowest BCUT2D eigenvalue weighted by atomic mass is 10.0. The summed E-state index contributed by atoms with van der Waals surface area (Å²) in [5.74, 6) is -2.66. The number of carbonyl (C=O) groups is 3. The van der Waals surface area contributed by atoms with Gasteiger partial charge in [-0.25, -0.2) is 9.59 Å². The lowest BCUT2D eigenvalue weighted by Crippen LogP contribution is -2.21. The average Bonchev–Trinajstić information content (AvgIpc) is 2.43. The third kappa shape index (κ3) is 3.78. The van der Waals surface area contributed by atoms with E-state index < -0.39 is 17.9 Å². The van der Waals surface area contributed by atoms with Crippen molar-refractivity contribution in [1.82, 2.24) is 0 Å². The Hall–Kier alpha value is -2.43. The van der Waals surface area contributed by atoms with E-state index in [0.717, 1.165) is 0 Å². The molecule has 1 aromatic rings. The Kier molecular flexibility index (Phi) is 5.20. The molecule has 0 spiro atoms. The quantitative estimate of drug-likeness (QED) is 0.637. The fourth-order valence-electron chi connectivity index (χ4n) is 1.62. The maximum atomic E-state index is 11.8. The minimum absolute atomic E-state index is 0.0324. The highest BCUT2D eigenvalue weighted by Crippen LogP contribution is 2.12. The highest BCUT2D eigenvalue weighted by Gasteiger charge is 2.20. The lowest BCUT2D eigenvalue weighted by molar-refractivity contribution is -0.119. The van der Waals surface area contributed by atoms with E-state index in [2.05, 4.69) is 6.58 Å². The zero-order chi connectivity index (χ0) is 15.3. The minimum Gasteiger partial charge on any atom is -0.478 e. The van der Waals surface area contributed by atoms with E-state index in [9.17, 15) is 14.4 Å². The van der Waals surface area contributed by atoms with Crippen molar-refractivity contribution in [3.63, 3.8) is 0 Å². The van der Waals surface area contributed by atoms with Crippen LogP contribution in [0.4, 0.5) is 0 Å². The van der Waals surface area contributed by atoms with E-state index in [4.69, 9.17) is 9.84 Å². The van der Waals surface area contributed by atoms with E-state index in [1.807, 2.05) is 0 Å². The van der Waals surface area contributed by atoms with Gasteiger partial charge >= 0.3 is 11.9 Å². The van der Waals surface area contributed by atoms with Gasteiger partial charge in [-0.1, -0.05) is 25.6 Å². The zero-order valence-electron chi connectivity index (χ0n) is 11.4. The monoisotopic (exact) mass is 276 g/mol. The van der Waals surface area contributed by atoms with Crippen LogP contribution in [-0.4, -0.2) is 29.4 Å². The van der Waals surface area contributed by atoms with Gasteiger partial charge in [-0.15, -0.1) is 0 Å². The molecule has 0 aromatic heterocycles. The van der Waals surface area contributed by atoms with Crippen LogP contribution in [0.3, 0.4) is 0 Å². The number of esters is 1. The Morgan fingerprint density at radius 1 is 1.25 bits per heavy atom. The number of rotatable bonds is 6. The Bertz CT molecular complexity index is 559. The molecule has 0 heterocycles. The van der Waals surface area contributed by atoms with Gasteiger partial charge < -0.3 is 9.84 Å².